The number of carbonyl (C=O) groups excluding carboxylic acids is 1. The van der Waals surface area contributed by atoms with Crippen LogP contribution >= 0.6 is 0 Å². The molecular weight excluding hydrogens is 264 g/mol. The summed E-state index contributed by atoms with van der Waals surface area (Å²) in [6, 6.07) is -0.288. The molecule has 0 bridgehead atoms. The third-order valence-electron chi connectivity index (χ3n) is 3.21. The second-order valence-corrected chi connectivity index (χ2v) is 4.96. The lowest BCUT2D eigenvalue weighted by molar-refractivity contribution is -0.149. The Kier molecular flexibility index (Phi) is 7.32. The lowest BCUT2D eigenvalue weighted by atomic mass is 10.2. The largest absolute Gasteiger partial charge is 0.479 e. The van der Waals surface area contributed by atoms with Crippen LogP contribution in [-0.2, 0) is 14.3 Å². The van der Waals surface area contributed by atoms with Crippen molar-refractivity contribution in [2.24, 2.45) is 0 Å². The molecule has 3 N–H and O–H groups in total. The van der Waals surface area contributed by atoms with Gasteiger partial charge in [-0.25, -0.2) is 9.59 Å². The van der Waals surface area contributed by atoms with Crippen LogP contribution in [0.3, 0.4) is 0 Å². The number of methoxy groups -OCH3 is 1. The minimum Gasteiger partial charge on any atom is -0.479 e. The van der Waals surface area contributed by atoms with Crippen molar-refractivity contribution < 1.29 is 24.2 Å². The summed E-state index contributed by atoms with van der Waals surface area (Å²) in [5.41, 5.74) is 0. The number of ether oxygens (including phenoxy) is 2. The van der Waals surface area contributed by atoms with E-state index >= 15 is 0 Å². The smallest absolute Gasteiger partial charge is 0.332 e. The van der Waals surface area contributed by atoms with Crippen molar-refractivity contribution in [1.82, 2.24) is 10.6 Å². The van der Waals surface area contributed by atoms with Gasteiger partial charge in [-0.1, -0.05) is 13.3 Å². The standard InChI is InChI=1S/C13H24N2O5/c1-3-4-9(8-19-2)15-13(18)14-7-10-5-6-11(20-10)12(16)17/h9-11H,3-8H2,1-2H3,(H,16,17)(H2,14,15,18). The summed E-state index contributed by atoms with van der Waals surface area (Å²) in [7, 11) is 1.60. The third kappa shape index (κ3) is 5.75. The van der Waals surface area contributed by atoms with Crippen LogP contribution in [0.25, 0.3) is 0 Å². The highest BCUT2D eigenvalue weighted by Crippen LogP contribution is 2.19. The first-order valence-electron chi connectivity index (χ1n) is 6.98. The summed E-state index contributed by atoms with van der Waals surface area (Å²) in [6.07, 6.45) is 1.97. The lowest BCUT2D eigenvalue weighted by Crippen LogP contribution is -2.46. The van der Waals surface area contributed by atoms with Gasteiger partial charge < -0.3 is 25.2 Å². The predicted molar refractivity (Wildman–Crippen MR) is 72.6 cm³/mol. The minimum absolute atomic E-state index is 0.0127. The van der Waals surface area contributed by atoms with Crippen molar-refractivity contribution in [3.05, 3.63) is 0 Å². The SMILES string of the molecule is CCCC(COC)NC(=O)NCC1CCC(C(=O)O)O1. The molecule has 2 amide bonds. The van der Waals surface area contributed by atoms with Gasteiger partial charge >= 0.3 is 12.0 Å². The number of urea groups is 1. The lowest BCUT2D eigenvalue weighted by Gasteiger charge is -2.18. The van der Waals surface area contributed by atoms with Gasteiger partial charge in [-0.15, -0.1) is 0 Å². The van der Waals surface area contributed by atoms with Crippen LogP contribution in [-0.4, -0.2) is 55.6 Å². The fourth-order valence-electron chi connectivity index (χ4n) is 2.23. The third-order valence-corrected chi connectivity index (χ3v) is 3.21. The topological polar surface area (TPSA) is 96.9 Å². The van der Waals surface area contributed by atoms with E-state index in [1.807, 2.05) is 6.92 Å². The van der Waals surface area contributed by atoms with E-state index in [1.165, 1.54) is 0 Å². The molecule has 1 aliphatic rings. The van der Waals surface area contributed by atoms with Gasteiger partial charge in [0, 0.05) is 13.7 Å². The molecule has 116 valence electrons. The molecule has 1 aliphatic heterocycles. The van der Waals surface area contributed by atoms with Gasteiger partial charge in [0.1, 0.15) is 0 Å². The number of amides is 2. The molecule has 0 spiro atoms. The number of carbonyl (C=O) groups is 2. The van der Waals surface area contributed by atoms with Crippen LogP contribution < -0.4 is 10.6 Å². The monoisotopic (exact) mass is 288 g/mol. The second kappa shape index (κ2) is 8.76. The van der Waals surface area contributed by atoms with Crippen LogP contribution in [0, 0.1) is 0 Å². The molecule has 0 saturated carbocycles. The number of rotatable bonds is 8. The fraction of sp³-hybridized carbons (Fsp3) is 0.846. The molecule has 1 fully saturated rings. The Labute approximate surface area is 119 Å². The molecule has 7 heteroatoms. The van der Waals surface area contributed by atoms with Crippen molar-refractivity contribution in [3.63, 3.8) is 0 Å². The van der Waals surface area contributed by atoms with E-state index in [-0.39, 0.29) is 18.2 Å². The molecule has 0 radical (unpaired) electrons. The molecule has 0 aromatic heterocycles. The van der Waals surface area contributed by atoms with Gasteiger partial charge in [-0.2, -0.15) is 0 Å². The maximum absolute atomic E-state index is 11.7. The van der Waals surface area contributed by atoms with Gasteiger partial charge in [0.2, 0.25) is 0 Å². The molecule has 1 rings (SSSR count). The van der Waals surface area contributed by atoms with Crippen LogP contribution in [0.2, 0.25) is 0 Å². The number of nitrogens with one attached hydrogen (secondary N) is 2. The van der Waals surface area contributed by atoms with Crippen molar-refractivity contribution in [2.75, 3.05) is 20.3 Å². The fourth-order valence-corrected chi connectivity index (χ4v) is 2.23. The van der Waals surface area contributed by atoms with Gasteiger partial charge in [0.05, 0.1) is 18.8 Å². The quantitative estimate of drug-likeness (QED) is 0.612. The molecule has 3 atom stereocenters. The first kappa shape index (κ1) is 16.7. The van der Waals surface area contributed by atoms with Gasteiger partial charge in [-0.3, -0.25) is 0 Å². The molecule has 20 heavy (non-hydrogen) atoms. The number of hydrogen-bond acceptors (Lipinski definition) is 4. The number of hydrogen-bond donors (Lipinski definition) is 3. The van der Waals surface area contributed by atoms with Crippen LogP contribution in [0.15, 0.2) is 0 Å². The molecular formula is C13H24N2O5. The molecule has 1 saturated heterocycles. The Balaban J connectivity index is 2.24. The summed E-state index contributed by atoms with van der Waals surface area (Å²) in [6.45, 7) is 2.84. The first-order chi connectivity index (χ1) is 9.56. The minimum atomic E-state index is -0.944. The maximum atomic E-state index is 11.7. The Hall–Kier alpha value is -1.34. The van der Waals surface area contributed by atoms with Crippen molar-refractivity contribution in [3.8, 4) is 0 Å². The van der Waals surface area contributed by atoms with Gasteiger partial charge in [0.25, 0.3) is 0 Å². The summed E-state index contributed by atoms with van der Waals surface area (Å²) in [4.78, 5) is 22.5. The van der Waals surface area contributed by atoms with E-state index < -0.39 is 12.1 Å². The average molecular weight is 288 g/mol. The zero-order valence-electron chi connectivity index (χ0n) is 12.1. The number of aliphatic carboxylic acids is 1. The Bertz CT molecular complexity index is 318. The number of carboxylic acids is 1. The molecule has 0 aliphatic carbocycles. The Morgan fingerprint density at radius 2 is 2.20 bits per heavy atom. The van der Waals surface area contributed by atoms with E-state index in [0.717, 1.165) is 12.8 Å². The van der Waals surface area contributed by atoms with E-state index in [1.54, 1.807) is 7.11 Å². The first-order valence-corrected chi connectivity index (χ1v) is 6.98. The summed E-state index contributed by atoms with van der Waals surface area (Å²) in [5.74, 6) is -0.944. The average Bonchev–Trinajstić information content (AvgIpc) is 2.86. The summed E-state index contributed by atoms with van der Waals surface area (Å²) < 4.78 is 10.3. The predicted octanol–water partition coefficient (Wildman–Crippen LogP) is 0.733. The highest BCUT2D eigenvalue weighted by atomic mass is 16.5. The van der Waals surface area contributed by atoms with Crippen LogP contribution in [0.5, 0.6) is 0 Å². The number of carboxylic acid groups (broad SMARTS) is 1. The van der Waals surface area contributed by atoms with E-state index in [4.69, 9.17) is 14.6 Å². The Morgan fingerprint density at radius 3 is 2.75 bits per heavy atom. The van der Waals surface area contributed by atoms with Crippen molar-refractivity contribution in [2.45, 2.75) is 50.9 Å². The molecule has 3 unspecified atom stereocenters. The second-order valence-electron chi connectivity index (χ2n) is 4.96. The zero-order valence-corrected chi connectivity index (χ0v) is 12.1. The van der Waals surface area contributed by atoms with E-state index in [9.17, 15) is 9.59 Å². The van der Waals surface area contributed by atoms with E-state index in [0.29, 0.717) is 26.0 Å². The highest BCUT2D eigenvalue weighted by molar-refractivity contribution is 5.74. The van der Waals surface area contributed by atoms with Crippen LogP contribution in [0.4, 0.5) is 4.79 Å². The van der Waals surface area contributed by atoms with Crippen molar-refractivity contribution in [1.29, 1.82) is 0 Å². The normalized spacial score (nSPS) is 23.3. The van der Waals surface area contributed by atoms with Crippen molar-refractivity contribution >= 4 is 12.0 Å². The molecule has 0 aromatic carbocycles. The molecule has 1 heterocycles. The Morgan fingerprint density at radius 1 is 1.45 bits per heavy atom. The molecule has 0 aromatic rings. The van der Waals surface area contributed by atoms with E-state index in [2.05, 4.69) is 10.6 Å². The maximum Gasteiger partial charge on any atom is 0.332 e. The van der Waals surface area contributed by atoms with Crippen LogP contribution in [0.1, 0.15) is 32.6 Å². The molecule has 7 nitrogen and oxygen atoms in total. The highest BCUT2D eigenvalue weighted by Gasteiger charge is 2.30. The van der Waals surface area contributed by atoms with Gasteiger partial charge in [0.15, 0.2) is 6.10 Å². The zero-order chi connectivity index (χ0) is 15.0. The summed E-state index contributed by atoms with van der Waals surface area (Å²) in [5, 5.41) is 14.3. The summed E-state index contributed by atoms with van der Waals surface area (Å²) >= 11 is 0. The van der Waals surface area contributed by atoms with Gasteiger partial charge in [-0.05, 0) is 19.3 Å².